The topological polar surface area (TPSA) is 82.2 Å². The zero-order valence-electron chi connectivity index (χ0n) is 18.4. The van der Waals surface area contributed by atoms with Crippen LogP contribution < -0.4 is 10.1 Å². The molecular weight excluding hydrogens is 435 g/mol. The molecule has 0 spiro atoms. The van der Waals surface area contributed by atoms with E-state index >= 15 is 0 Å². The number of anilines is 1. The van der Waals surface area contributed by atoms with E-state index in [1.165, 1.54) is 12.1 Å². The van der Waals surface area contributed by atoms with E-state index in [9.17, 15) is 9.18 Å². The van der Waals surface area contributed by atoms with Crippen LogP contribution >= 0.6 is 0 Å². The fourth-order valence-corrected chi connectivity index (χ4v) is 3.76. The Morgan fingerprint density at radius 3 is 2.82 bits per heavy atom. The van der Waals surface area contributed by atoms with Crippen molar-refractivity contribution in [1.29, 1.82) is 0 Å². The molecule has 7 nitrogen and oxygen atoms in total. The van der Waals surface area contributed by atoms with Gasteiger partial charge < -0.3 is 14.6 Å². The number of carbonyl (C=O) groups excluding carboxylic acids is 1. The second kappa shape index (κ2) is 9.19. The lowest BCUT2D eigenvalue weighted by Crippen LogP contribution is -2.15. The Balaban J connectivity index is 1.28. The van der Waals surface area contributed by atoms with Gasteiger partial charge in [0.25, 0.3) is 5.91 Å². The van der Waals surface area contributed by atoms with Crippen molar-refractivity contribution in [2.45, 2.75) is 20.1 Å². The van der Waals surface area contributed by atoms with E-state index < -0.39 is 11.7 Å². The summed E-state index contributed by atoms with van der Waals surface area (Å²) in [6.07, 6.45) is 3.34. The largest absolute Gasteiger partial charge is 0.489 e. The third kappa shape index (κ3) is 4.52. The first kappa shape index (κ1) is 21.4. The number of benzene rings is 3. The quantitative estimate of drug-likeness (QED) is 0.357. The van der Waals surface area contributed by atoms with E-state index in [1.54, 1.807) is 36.1 Å². The number of nitrogens with zero attached hydrogens (tertiary/aromatic N) is 3. The number of hydrogen-bond acceptors (Lipinski definition) is 5. The molecule has 0 aliphatic carbocycles. The number of amides is 1. The summed E-state index contributed by atoms with van der Waals surface area (Å²) in [5.74, 6) is -0.0488. The van der Waals surface area contributed by atoms with Gasteiger partial charge in [-0.1, -0.05) is 53.7 Å². The fraction of sp³-hybridized carbons (Fsp3) is 0.115. The summed E-state index contributed by atoms with van der Waals surface area (Å²) in [5, 5.41) is 13.4. The Bertz CT molecular complexity index is 1470. The van der Waals surface area contributed by atoms with Gasteiger partial charge in [-0.2, -0.15) is 5.10 Å². The van der Waals surface area contributed by atoms with E-state index in [0.29, 0.717) is 29.3 Å². The Hall–Kier alpha value is -4.46. The Morgan fingerprint density at radius 2 is 1.94 bits per heavy atom. The Kier molecular flexibility index (Phi) is 5.78. The van der Waals surface area contributed by atoms with Crippen LogP contribution in [0.3, 0.4) is 0 Å². The summed E-state index contributed by atoms with van der Waals surface area (Å²) >= 11 is 0. The number of nitrogens with one attached hydrogen (secondary N) is 1. The molecule has 0 aliphatic heterocycles. The normalized spacial score (nSPS) is 11.0. The molecule has 0 atom stereocenters. The van der Waals surface area contributed by atoms with Gasteiger partial charge in [0.05, 0.1) is 24.0 Å². The van der Waals surface area contributed by atoms with Crippen LogP contribution in [-0.4, -0.2) is 20.8 Å². The number of fused-ring (bicyclic) bond motifs is 1. The first-order chi connectivity index (χ1) is 16.6. The van der Waals surface area contributed by atoms with E-state index in [0.717, 1.165) is 16.3 Å². The Labute approximate surface area is 194 Å². The lowest BCUT2D eigenvalue weighted by atomic mass is 10.0. The van der Waals surface area contributed by atoms with E-state index in [4.69, 9.17) is 9.26 Å². The molecule has 0 saturated heterocycles. The van der Waals surface area contributed by atoms with Crippen LogP contribution in [0.25, 0.3) is 10.8 Å². The molecule has 0 saturated carbocycles. The van der Waals surface area contributed by atoms with Gasteiger partial charge >= 0.3 is 0 Å². The van der Waals surface area contributed by atoms with Crippen molar-refractivity contribution < 1.29 is 18.4 Å². The maximum Gasteiger partial charge on any atom is 0.278 e. The number of halogens is 1. The summed E-state index contributed by atoms with van der Waals surface area (Å²) in [5.41, 5.74) is 2.26. The lowest BCUT2D eigenvalue weighted by molar-refractivity contribution is 0.101. The summed E-state index contributed by atoms with van der Waals surface area (Å²) in [7, 11) is 0. The van der Waals surface area contributed by atoms with Crippen molar-refractivity contribution in [1.82, 2.24) is 14.9 Å². The first-order valence-corrected chi connectivity index (χ1v) is 10.7. The third-order valence-electron chi connectivity index (χ3n) is 5.48. The van der Waals surface area contributed by atoms with Gasteiger partial charge in [-0.3, -0.25) is 9.48 Å². The fourth-order valence-electron chi connectivity index (χ4n) is 3.76. The standard InChI is InChI=1S/C26H21FN4O3/c1-17-24(16-33-22-10-5-9-20(27)12-22)25(30-34-17)26(32)29-21-13-28-31(15-21)14-19-8-4-7-18-6-2-3-11-23(18)19/h2-13,15H,14,16H2,1H3,(H,29,32). The molecule has 34 heavy (non-hydrogen) atoms. The average Bonchev–Trinajstić information content (AvgIpc) is 3.44. The van der Waals surface area contributed by atoms with Gasteiger partial charge in [-0.25, -0.2) is 4.39 Å². The van der Waals surface area contributed by atoms with Gasteiger partial charge in [0.1, 0.15) is 23.9 Å². The van der Waals surface area contributed by atoms with Crippen LogP contribution in [0.2, 0.25) is 0 Å². The summed E-state index contributed by atoms with van der Waals surface area (Å²) in [4.78, 5) is 12.9. The highest BCUT2D eigenvalue weighted by atomic mass is 19.1. The van der Waals surface area contributed by atoms with Crippen LogP contribution in [0.5, 0.6) is 5.75 Å². The maximum absolute atomic E-state index is 13.4. The molecule has 0 radical (unpaired) electrons. The number of aryl methyl sites for hydroxylation is 1. The third-order valence-corrected chi connectivity index (χ3v) is 5.48. The summed E-state index contributed by atoms with van der Waals surface area (Å²) < 4.78 is 26.0. The molecule has 2 aromatic heterocycles. The van der Waals surface area contributed by atoms with Crippen molar-refractivity contribution >= 4 is 22.4 Å². The highest BCUT2D eigenvalue weighted by Crippen LogP contribution is 2.21. The smallest absolute Gasteiger partial charge is 0.278 e. The monoisotopic (exact) mass is 456 g/mol. The molecule has 1 amide bonds. The molecule has 0 aliphatic rings. The first-order valence-electron chi connectivity index (χ1n) is 10.7. The maximum atomic E-state index is 13.4. The average molecular weight is 456 g/mol. The highest BCUT2D eigenvalue weighted by Gasteiger charge is 2.21. The molecule has 1 N–H and O–H groups in total. The molecule has 3 aromatic carbocycles. The van der Waals surface area contributed by atoms with Crippen LogP contribution in [0, 0.1) is 12.7 Å². The van der Waals surface area contributed by atoms with Gasteiger partial charge in [-0.15, -0.1) is 0 Å². The highest BCUT2D eigenvalue weighted by molar-refractivity contribution is 6.03. The van der Waals surface area contributed by atoms with Crippen LogP contribution in [0.4, 0.5) is 10.1 Å². The van der Waals surface area contributed by atoms with Crippen LogP contribution in [0.15, 0.2) is 83.6 Å². The van der Waals surface area contributed by atoms with E-state index in [2.05, 4.69) is 39.8 Å². The minimum Gasteiger partial charge on any atom is -0.489 e. The van der Waals surface area contributed by atoms with Gasteiger partial charge in [0.15, 0.2) is 5.69 Å². The van der Waals surface area contributed by atoms with Gasteiger partial charge in [0.2, 0.25) is 0 Å². The molecule has 8 heteroatoms. The van der Waals surface area contributed by atoms with Crippen molar-refractivity contribution in [3.63, 3.8) is 0 Å². The van der Waals surface area contributed by atoms with Gasteiger partial charge in [-0.05, 0) is 35.4 Å². The number of carbonyl (C=O) groups is 1. The van der Waals surface area contributed by atoms with E-state index in [1.807, 2.05) is 18.2 Å². The number of hydrogen-bond donors (Lipinski definition) is 1. The lowest BCUT2D eigenvalue weighted by Gasteiger charge is -2.07. The number of ether oxygens (including phenoxy) is 1. The second-order valence-corrected chi connectivity index (χ2v) is 7.83. The van der Waals surface area contributed by atoms with Gasteiger partial charge in [0, 0.05) is 12.3 Å². The van der Waals surface area contributed by atoms with E-state index in [-0.39, 0.29) is 12.3 Å². The molecule has 170 valence electrons. The summed E-state index contributed by atoms with van der Waals surface area (Å²) in [6.45, 7) is 2.27. The van der Waals surface area contributed by atoms with Crippen molar-refractivity contribution in [2.75, 3.05) is 5.32 Å². The van der Waals surface area contributed by atoms with Crippen molar-refractivity contribution in [3.8, 4) is 5.75 Å². The SMILES string of the molecule is Cc1onc(C(=O)Nc2cnn(Cc3cccc4ccccc34)c2)c1COc1cccc(F)c1. The Morgan fingerprint density at radius 1 is 1.12 bits per heavy atom. The molecule has 0 bridgehead atoms. The molecular formula is C26H21FN4O3. The second-order valence-electron chi connectivity index (χ2n) is 7.83. The molecule has 0 fully saturated rings. The predicted molar refractivity (Wildman–Crippen MR) is 125 cm³/mol. The molecule has 0 unspecified atom stereocenters. The predicted octanol–water partition coefficient (Wildman–Crippen LogP) is 5.35. The number of aromatic nitrogens is 3. The minimum absolute atomic E-state index is 0.0158. The molecule has 5 aromatic rings. The van der Waals surface area contributed by atoms with Crippen LogP contribution in [-0.2, 0) is 13.2 Å². The van der Waals surface area contributed by atoms with Crippen LogP contribution in [0.1, 0.15) is 27.4 Å². The number of rotatable bonds is 7. The minimum atomic E-state index is -0.445. The van der Waals surface area contributed by atoms with Crippen molar-refractivity contribution in [3.05, 3.63) is 108 Å². The molecule has 5 rings (SSSR count). The van der Waals surface area contributed by atoms with Crippen molar-refractivity contribution in [2.24, 2.45) is 0 Å². The molecule has 2 heterocycles. The summed E-state index contributed by atoms with van der Waals surface area (Å²) in [6, 6.07) is 20.1. The zero-order chi connectivity index (χ0) is 23.5. The zero-order valence-corrected chi connectivity index (χ0v) is 18.4.